The van der Waals surface area contributed by atoms with Crippen molar-refractivity contribution in [2.75, 3.05) is 26.0 Å². The number of carbonyl (C=O) groups excluding carboxylic acids is 1. The third-order valence-electron chi connectivity index (χ3n) is 3.34. The zero-order valence-corrected chi connectivity index (χ0v) is 15.7. The highest BCUT2D eigenvalue weighted by Gasteiger charge is 2.15. The molecule has 0 unspecified atom stereocenters. The maximum absolute atomic E-state index is 12.5. The van der Waals surface area contributed by atoms with Crippen molar-refractivity contribution in [3.8, 4) is 0 Å². The van der Waals surface area contributed by atoms with Crippen LogP contribution < -0.4 is 0 Å². The Morgan fingerprint density at radius 2 is 2.17 bits per heavy atom. The second-order valence-electron chi connectivity index (χ2n) is 5.12. The number of rotatable bonds is 9. The second kappa shape index (κ2) is 9.99. The second-order valence-corrected chi connectivity index (χ2v) is 6.95. The highest BCUT2D eigenvalue weighted by atomic mass is 35.5. The predicted molar refractivity (Wildman–Crippen MR) is 98.6 cm³/mol. The van der Waals surface area contributed by atoms with E-state index in [0.717, 1.165) is 11.3 Å². The first-order valence-corrected chi connectivity index (χ1v) is 9.32. The molecule has 0 fully saturated rings. The van der Waals surface area contributed by atoms with Gasteiger partial charge >= 0.3 is 0 Å². The van der Waals surface area contributed by atoms with Gasteiger partial charge in [-0.05, 0) is 29.8 Å². The van der Waals surface area contributed by atoms with Crippen molar-refractivity contribution in [3.63, 3.8) is 0 Å². The molecule has 1 heterocycles. The Morgan fingerprint density at radius 3 is 2.83 bits per heavy atom. The molecular formula is C17H19Cl2NO3S. The number of nitrogens with zero attached hydrogens (tertiary/aromatic N) is 1. The lowest BCUT2D eigenvalue weighted by Gasteiger charge is -2.21. The Hall–Kier alpha value is -1.14. The molecule has 1 aromatic heterocycles. The fourth-order valence-electron chi connectivity index (χ4n) is 2.06. The van der Waals surface area contributed by atoms with E-state index in [4.69, 9.17) is 32.4 Å². The van der Waals surface area contributed by atoms with Gasteiger partial charge in [-0.3, -0.25) is 4.79 Å². The number of carbonyl (C=O) groups is 1. The average Bonchev–Trinajstić information content (AvgIpc) is 3.06. The van der Waals surface area contributed by atoms with E-state index >= 15 is 0 Å². The Kier molecular flexibility index (Phi) is 7.99. The van der Waals surface area contributed by atoms with Gasteiger partial charge in [0.25, 0.3) is 0 Å². The van der Waals surface area contributed by atoms with Crippen LogP contribution in [0.15, 0.2) is 41.0 Å². The topological polar surface area (TPSA) is 42.7 Å². The molecule has 0 spiro atoms. The lowest BCUT2D eigenvalue weighted by atomic mass is 10.2. The molecule has 1 aromatic carbocycles. The smallest absolute Gasteiger partial charge is 0.233 e. The van der Waals surface area contributed by atoms with Gasteiger partial charge in [0.15, 0.2) is 0 Å². The van der Waals surface area contributed by atoms with Crippen LogP contribution in [-0.4, -0.2) is 36.8 Å². The first kappa shape index (κ1) is 19.2. The van der Waals surface area contributed by atoms with Crippen LogP contribution in [0.2, 0.25) is 10.0 Å². The molecule has 24 heavy (non-hydrogen) atoms. The summed E-state index contributed by atoms with van der Waals surface area (Å²) >= 11 is 13.6. The van der Waals surface area contributed by atoms with E-state index in [1.165, 1.54) is 11.8 Å². The molecule has 0 aliphatic carbocycles. The van der Waals surface area contributed by atoms with E-state index in [0.29, 0.717) is 41.2 Å². The third-order valence-corrected chi connectivity index (χ3v) is 4.90. The molecule has 0 aliphatic heterocycles. The van der Waals surface area contributed by atoms with Crippen LogP contribution in [0.4, 0.5) is 0 Å². The number of thioether (sulfide) groups is 1. The number of furan rings is 1. The molecule has 4 nitrogen and oxygen atoms in total. The summed E-state index contributed by atoms with van der Waals surface area (Å²) in [5.41, 5.74) is 0.966. The van der Waals surface area contributed by atoms with E-state index in [2.05, 4.69) is 0 Å². The van der Waals surface area contributed by atoms with Crippen LogP contribution in [0.5, 0.6) is 0 Å². The van der Waals surface area contributed by atoms with Crippen LogP contribution >= 0.6 is 35.0 Å². The lowest BCUT2D eigenvalue weighted by Crippen LogP contribution is -2.34. The van der Waals surface area contributed by atoms with Crippen molar-refractivity contribution in [1.82, 2.24) is 4.90 Å². The number of ether oxygens (including phenoxy) is 1. The molecule has 0 N–H and O–H groups in total. The molecule has 0 saturated heterocycles. The van der Waals surface area contributed by atoms with Crippen molar-refractivity contribution in [3.05, 3.63) is 58.0 Å². The summed E-state index contributed by atoms with van der Waals surface area (Å²) in [5, 5.41) is 1.23. The van der Waals surface area contributed by atoms with Gasteiger partial charge in [0, 0.05) is 29.5 Å². The Labute approximate surface area is 156 Å². The van der Waals surface area contributed by atoms with Crippen molar-refractivity contribution in [2.45, 2.75) is 12.3 Å². The van der Waals surface area contributed by atoms with Gasteiger partial charge in [-0.15, -0.1) is 11.8 Å². The first-order chi connectivity index (χ1) is 11.6. The molecule has 0 bridgehead atoms. The summed E-state index contributed by atoms with van der Waals surface area (Å²) in [5.74, 6) is 1.81. The fourth-order valence-corrected chi connectivity index (χ4v) is 3.55. The monoisotopic (exact) mass is 387 g/mol. The van der Waals surface area contributed by atoms with E-state index in [9.17, 15) is 4.79 Å². The molecule has 2 aromatic rings. The van der Waals surface area contributed by atoms with Crippen molar-refractivity contribution < 1.29 is 13.9 Å². The van der Waals surface area contributed by atoms with Crippen LogP contribution in [0.3, 0.4) is 0 Å². The van der Waals surface area contributed by atoms with Crippen LogP contribution in [0.1, 0.15) is 11.3 Å². The van der Waals surface area contributed by atoms with E-state index in [1.807, 2.05) is 18.2 Å². The maximum atomic E-state index is 12.5. The molecule has 0 atom stereocenters. The van der Waals surface area contributed by atoms with Gasteiger partial charge in [-0.2, -0.15) is 0 Å². The zero-order valence-electron chi connectivity index (χ0n) is 13.3. The molecular weight excluding hydrogens is 369 g/mol. The van der Waals surface area contributed by atoms with Crippen molar-refractivity contribution in [1.29, 1.82) is 0 Å². The van der Waals surface area contributed by atoms with Crippen molar-refractivity contribution in [2.24, 2.45) is 0 Å². The van der Waals surface area contributed by atoms with Gasteiger partial charge in [-0.1, -0.05) is 29.3 Å². The van der Waals surface area contributed by atoms with Crippen molar-refractivity contribution >= 4 is 40.9 Å². The zero-order chi connectivity index (χ0) is 17.4. The molecule has 0 radical (unpaired) electrons. The lowest BCUT2D eigenvalue weighted by molar-refractivity contribution is -0.129. The largest absolute Gasteiger partial charge is 0.467 e. The highest BCUT2D eigenvalue weighted by Crippen LogP contribution is 2.24. The summed E-state index contributed by atoms with van der Waals surface area (Å²) in [7, 11) is 1.62. The maximum Gasteiger partial charge on any atom is 0.233 e. The van der Waals surface area contributed by atoms with Crippen LogP contribution in [0, 0.1) is 0 Å². The van der Waals surface area contributed by atoms with Gasteiger partial charge in [0.05, 0.1) is 25.2 Å². The Morgan fingerprint density at radius 1 is 1.33 bits per heavy atom. The number of amides is 1. The molecule has 130 valence electrons. The molecule has 0 aliphatic rings. The standard InChI is InChI=1S/C17H19Cl2NO3S/c1-22-8-6-20(10-15-3-2-7-23-15)17(21)12-24-11-13-4-5-14(18)9-16(13)19/h2-5,7,9H,6,8,10-12H2,1H3. The number of hydrogen-bond acceptors (Lipinski definition) is 4. The molecule has 0 saturated carbocycles. The Balaban J connectivity index is 1.87. The molecule has 2 rings (SSSR count). The van der Waals surface area contributed by atoms with Gasteiger partial charge in [0.1, 0.15) is 5.76 Å². The summed E-state index contributed by atoms with van der Waals surface area (Å²) in [6, 6.07) is 9.06. The summed E-state index contributed by atoms with van der Waals surface area (Å²) < 4.78 is 10.4. The summed E-state index contributed by atoms with van der Waals surface area (Å²) in [6.45, 7) is 1.45. The Bertz CT molecular complexity index is 649. The van der Waals surface area contributed by atoms with Crippen LogP contribution in [-0.2, 0) is 21.8 Å². The normalized spacial score (nSPS) is 10.8. The SMILES string of the molecule is COCCN(Cc1ccco1)C(=O)CSCc1ccc(Cl)cc1Cl. The number of benzene rings is 1. The highest BCUT2D eigenvalue weighted by molar-refractivity contribution is 7.99. The first-order valence-electron chi connectivity index (χ1n) is 7.41. The number of methoxy groups -OCH3 is 1. The number of halogens is 2. The van der Waals surface area contributed by atoms with Gasteiger partial charge < -0.3 is 14.1 Å². The van der Waals surface area contributed by atoms with E-state index in [-0.39, 0.29) is 5.91 Å². The van der Waals surface area contributed by atoms with E-state index in [1.54, 1.807) is 30.4 Å². The van der Waals surface area contributed by atoms with Gasteiger partial charge in [-0.25, -0.2) is 0 Å². The molecule has 1 amide bonds. The van der Waals surface area contributed by atoms with Crippen LogP contribution in [0.25, 0.3) is 0 Å². The predicted octanol–water partition coefficient (Wildman–Crippen LogP) is 4.49. The molecule has 7 heteroatoms. The summed E-state index contributed by atoms with van der Waals surface area (Å²) in [4.78, 5) is 14.2. The summed E-state index contributed by atoms with van der Waals surface area (Å²) in [6.07, 6.45) is 1.60. The number of hydrogen-bond donors (Lipinski definition) is 0. The minimum absolute atomic E-state index is 0.0403. The van der Waals surface area contributed by atoms with Gasteiger partial charge in [0.2, 0.25) is 5.91 Å². The fraction of sp³-hybridized carbons (Fsp3) is 0.353. The minimum Gasteiger partial charge on any atom is -0.467 e. The third kappa shape index (κ3) is 6.06. The minimum atomic E-state index is 0.0403. The average molecular weight is 388 g/mol. The quantitative estimate of drug-likeness (QED) is 0.635. The van der Waals surface area contributed by atoms with E-state index < -0.39 is 0 Å².